The molecule has 1 aliphatic heterocycles. The number of allylic oxidation sites excluding steroid dienone is 3. The largest absolute Gasteiger partial charge is 0.484 e. The number of rotatable bonds is 7. The van der Waals surface area contributed by atoms with Crippen LogP contribution in [0.4, 0.5) is 0 Å². The number of hydrogen-bond acceptors (Lipinski definition) is 4. The summed E-state index contributed by atoms with van der Waals surface area (Å²) in [6.07, 6.45) is 3.59. The van der Waals surface area contributed by atoms with E-state index in [-0.39, 0.29) is 13.2 Å². The first-order valence-electron chi connectivity index (χ1n) is 5.90. The van der Waals surface area contributed by atoms with Crippen molar-refractivity contribution in [3.8, 4) is 0 Å². The Morgan fingerprint density at radius 2 is 2.21 bits per heavy atom. The van der Waals surface area contributed by atoms with Crippen molar-refractivity contribution < 1.29 is 19.1 Å². The lowest BCUT2D eigenvalue weighted by atomic mass is 10.1. The number of esters is 1. The predicted molar refractivity (Wildman–Crippen MR) is 83.3 cm³/mol. The summed E-state index contributed by atoms with van der Waals surface area (Å²) in [7, 11) is 0. The highest BCUT2D eigenvalue weighted by Gasteiger charge is 2.10. The first-order valence-corrected chi connectivity index (χ1v) is 8.23. The smallest absolute Gasteiger partial charge is 0.333 e. The molecule has 0 bridgehead atoms. The van der Waals surface area contributed by atoms with Gasteiger partial charge in [-0.3, -0.25) is 4.79 Å². The maximum Gasteiger partial charge on any atom is 0.333 e. The highest BCUT2D eigenvalue weighted by molar-refractivity contribution is 14.2. The molecule has 1 rings (SSSR count). The molecule has 1 heterocycles. The fourth-order valence-electron chi connectivity index (χ4n) is 1.23. The number of hydrogen-bond donors (Lipinski definition) is 0. The first kappa shape index (κ1) is 15.8. The Morgan fingerprint density at radius 3 is 2.79 bits per heavy atom. The van der Waals surface area contributed by atoms with Crippen LogP contribution in [0, 0.1) is 0 Å². The monoisotopic (exact) mass is 376 g/mol. The average molecular weight is 376 g/mol. The lowest BCUT2D eigenvalue weighted by Crippen LogP contribution is -2.11. The minimum atomic E-state index is -0.425. The average Bonchev–Trinajstić information content (AvgIpc) is 2.43. The molecule has 0 saturated carbocycles. The number of ether oxygens (including phenoxy) is 2. The topological polar surface area (TPSA) is 52.6 Å². The maximum atomic E-state index is 11.1. The minimum Gasteiger partial charge on any atom is -0.484 e. The molecule has 4 nitrogen and oxygen atoms in total. The minimum absolute atomic E-state index is 0.162. The van der Waals surface area contributed by atoms with Gasteiger partial charge in [-0.1, -0.05) is 13.5 Å². The van der Waals surface area contributed by atoms with Crippen molar-refractivity contribution in [2.75, 3.05) is 13.2 Å². The normalized spacial score (nSPS) is 14.3. The lowest BCUT2D eigenvalue weighted by Gasteiger charge is -2.12. The fourth-order valence-corrected chi connectivity index (χ4v) is 3.58. The van der Waals surface area contributed by atoms with Gasteiger partial charge in [-0.25, -0.2) is 4.79 Å². The molecule has 0 aromatic rings. The van der Waals surface area contributed by atoms with Gasteiger partial charge in [0.15, 0.2) is 10.1 Å². The van der Waals surface area contributed by atoms with Gasteiger partial charge in [-0.05, 0) is 49.7 Å². The van der Waals surface area contributed by atoms with Crippen LogP contribution in [0.2, 0.25) is 0 Å². The van der Waals surface area contributed by atoms with E-state index in [0.29, 0.717) is 11.1 Å². The summed E-state index contributed by atoms with van der Waals surface area (Å²) in [5.74, 6) is -0.425. The Hall–Kier alpha value is -1.24. The van der Waals surface area contributed by atoms with Crippen molar-refractivity contribution >= 4 is 37.0 Å². The molecule has 0 saturated heterocycles. The summed E-state index contributed by atoms with van der Waals surface area (Å²) >= 11 is -0.416. The fraction of sp³-hybridized carbons (Fsp3) is 0.357. The van der Waals surface area contributed by atoms with Gasteiger partial charge in [0, 0.05) is 5.57 Å². The van der Waals surface area contributed by atoms with Gasteiger partial charge < -0.3 is 9.47 Å². The molecule has 0 N–H and O–H groups in total. The van der Waals surface area contributed by atoms with E-state index in [9.17, 15) is 9.59 Å². The highest BCUT2D eigenvalue weighted by atomic mass is 127. The first-order chi connectivity index (χ1) is 9.08. The van der Waals surface area contributed by atoms with E-state index in [1.165, 1.54) is 5.57 Å². The summed E-state index contributed by atoms with van der Waals surface area (Å²) < 4.78 is 13.3. The molecule has 0 fully saturated rings. The third kappa shape index (κ3) is 5.10. The van der Waals surface area contributed by atoms with Gasteiger partial charge >= 0.3 is 5.97 Å². The van der Waals surface area contributed by atoms with Crippen LogP contribution in [0.5, 0.6) is 0 Å². The third-order valence-corrected chi connectivity index (χ3v) is 4.90. The van der Waals surface area contributed by atoms with Crippen LogP contribution in [0.15, 0.2) is 33.1 Å². The van der Waals surface area contributed by atoms with E-state index in [1.807, 2.05) is 6.08 Å². The van der Waals surface area contributed by atoms with Crippen molar-refractivity contribution in [2.24, 2.45) is 0 Å². The van der Waals surface area contributed by atoms with Crippen molar-refractivity contribution in [2.45, 2.75) is 20.3 Å². The van der Waals surface area contributed by atoms with Crippen molar-refractivity contribution in [3.63, 3.8) is 0 Å². The zero-order chi connectivity index (χ0) is 14.3. The predicted octanol–water partition coefficient (Wildman–Crippen LogP) is 2.66. The molecule has 1 aliphatic rings. The van der Waals surface area contributed by atoms with Crippen LogP contribution >= 0.6 is 20.7 Å². The van der Waals surface area contributed by atoms with Gasteiger partial charge in [-0.2, -0.15) is 0 Å². The number of aldehydes is 1. The van der Waals surface area contributed by atoms with Crippen molar-refractivity contribution in [1.29, 1.82) is 0 Å². The molecule has 0 amide bonds. The van der Waals surface area contributed by atoms with Crippen LogP contribution in [0.25, 0.3) is 0 Å². The molecule has 0 aromatic heterocycles. The number of carbonyl (C=O) groups is 2. The van der Waals surface area contributed by atoms with E-state index in [4.69, 9.17) is 9.47 Å². The SMILES string of the molecule is C=C(C)C(=O)OCCOC1=C(C=O)C=C(CC)C=I1. The summed E-state index contributed by atoms with van der Waals surface area (Å²) in [5, 5.41) is 0. The molecule has 0 spiro atoms. The quantitative estimate of drug-likeness (QED) is 0.225. The zero-order valence-corrected chi connectivity index (χ0v) is 13.2. The second-order valence-electron chi connectivity index (χ2n) is 3.90. The van der Waals surface area contributed by atoms with Crippen molar-refractivity contribution in [3.05, 3.63) is 33.1 Å². The van der Waals surface area contributed by atoms with Gasteiger partial charge in [-0.15, -0.1) is 0 Å². The maximum absolute atomic E-state index is 11.1. The summed E-state index contributed by atoms with van der Waals surface area (Å²) in [6.45, 7) is 7.55. The van der Waals surface area contributed by atoms with E-state index >= 15 is 0 Å². The lowest BCUT2D eigenvalue weighted by molar-refractivity contribution is -0.140. The second-order valence-corrected chi connectivity index (χ2v) is 6.13. The molecule has 0 unspecified atom stereocenters. The molecular formula is C14H17IO4. The zero-order valence-electron chi connectivity index (χ0n) is 11.1. The molecule has 19 heavy (non-hydrogen) atoms. The summed E-state index contributed by atoms with van der Waals surface area (Å²) in [4.78, 5) is 22.1. The molecule has 0 radical (unpaired) electrons. The molecular weight excluding hydrogens is 359 g/mol. The van der Waals surface area contributed by atoms with Crippen molar-refractivity contribution in [1.82, 2.24) is 0 Å². The van der Waals surface area contributed by atoms with Gasteiger partial charge in [0.25, 0.3) is 0 Å². The Morgan fingerprint density at radius 1 is 1.47 bits per heavy atom. The standard InChI is InChI=1S/C14H17IO4/c1-4-11-7-12(9-16)13(15-8-11)18-5-6-19-14(17)10(2)3/h7-9H,2,4-6H2,1,3H3. The van der Waals surface area contributed by atoms with E-state index in [1.54, 1.807) is 6.92 Å². The Bertz CT molecular complexity index is 472. The van der Waals surface area contributed by atoms with Crippen LogP contribution in [0.3, 0.4) is 0 Å². The Labute approximate surface area is 122 Å². The summed E-state index contributed by atoms with van der Waals surface area (Å²) in [5.41, 5.74) is 2.15. The number of carbonyl (C=O) groups excluding carboxylic acids is 2. The van der Waals surface area contributed by atoms with E-state index in [0.717, 1.165) is 16.5 Å². The van der Waals surface area contributed by atoms with Crippen LogP contribution in [0.1, 0.15) is 20.3 Å². The highest BCUT2D eigenvalue weighted by Crippen LogP contribution is 2.26. The van der Waals surface area contributed by atoms with Crippen LogP contribution in [-0.4, -0.2) is 29.5 Å². The van der Waals surface area contributed by atoms with Crippen LogP contribution < -0.4 is 0 Å². The van der Waals surface area contributed by atoms with E-state index in [2.05, 4.69) is 17.5 Å². The molecule has 0 aromatic carbocycles. The van der Waals surface area contributed by atoms with Crippen LogP contribution in [-0.2, 0) is 19.1 Å². The molecule has 104 valence electrons. The van der Waals surface area contributed by atoms with E-state index < -0.39 is 26.7 Å². The van der Waals surface area contributed by atoms with Gasteiger partial charge in [0.2, 0.25) is 0 Å². The van der Waals surface area contributed by atoms with Gasteiger partial charge in [0.1, 0.15) is 13.2 Å². The molecule has 5 heteroatoms. The second kappa shape index (κ2) is 8.04. The Kier molecular flexibility index (Phi) is 6.69. The number of halogens is 1. The molecule has 0 atom stereocenters. The Balaban J connectivity index is 2.49. The summed E-state index contributed by atoms with van der Waals surface area (Å²) in [6, 6.07) is 0. The third-order valence-electron chi connectivity index (χ3n) is 2.29. The molecule has 0 aliphatic carbocycles. The van der Waals surface area contributed by atoms with Gasteiger partial charge in [0.05, 0.1) is 5.57 Å².